The van der Waals surface area contributed by atoms with E-state index in [1.54, 1.807) is 24.3 Å². The Balaban J connectivity index is 1.92. The lowest BCUT2D eigenvalue weighted by atomic mass is 10.1. The van der Waals surface area contributed by atoms with Crippen molar-refractivity contribution in [3.8, 4) is 5.75 Å². The van der Waals surface area contributed by atoms with Gasteiger partial charge in [-0.25, -0.2) is 0 Å². The number of carbonyl (C=O) groups is 2. The van der Waals surface area contributed by atoms with Crippen LogP contribution in [0.5, 0.6) is 5.75 Å². The van der Waals surface area contributed by atoms with E-state index in [2.05, 4.69) is 10.6 Å². The van der Waals surface area contributed by atoms with Crippen molar-refractivity contribution in [2.45, 2.75) is 18.9 Å². The number of hydrogen-bond acceptors (Lipinski definition) is 4. The number of aliphatic hydroxyl groups excluding tert-OH is 1. The van der Waals surface area contributed by atoms with Crippen LogP contribution in [-0.2, 0) is 9.59 Å². The molecule has 1 aliphatic rings. The van der Waals surface area contributed by atoms with Crippen LogP contribution >= 0.6 is 0 Å². The molecule has 2 amide bonds. The first kappa shape index (κ1) is 13.4. The molecule has 2 rings (SSSR count). The van der Waals surface area contributed by atoms with Crippen molar-refractivity contribution in [1.29, 1.82) is 0 Å². The number of benzene rings is 1. The van der Waals surface area contributed by atoms with Crippen molar-refractivity contribution in [2.75, 3.05) is 18.5 Å². The maximum atomic E-state index is 11.8. The third-order valence-corrected chi connectivity index (χ3v) is 2.73. The number of hydrogen-bond donors (Lipinski definition) is 3. The summed E-state index contributed by atoms with van der Waals surface area (Å²) in [6.07, 6.45) is -0.359. The lowest BCUT2D eigenvalue weighted by Gasteiger charge is -2.25. The fourth-order valence-electron chi connectivity index (χ4n) is 1.77. The van der Waals surface area contributed by atoms with Crippen molar-refractivity contribution in [3.63, 3.8) is 0 Å². The smallest absolute Gasteiger partial charge is 0.266 e. The fourth-order valence-corrected chi connectivity index (χ4v) is 1.77. The number of ether oxygens (including phenoxy) is 1. The van der Waals surface area contributed by atoms with E-state index in [0.29, 0.717) is 24.4 Å². The number of rotatable bonds is 5. The van der Waals surface area contributed by atoms with Gasteiger partial charge >= 0.3 is 0 Å². The highest BCUT2D eigenvalue weighted by Crippen LogP contribution is 2.29. The molecule has 0 saturated carbocycles. The zero-order chi connectivity index (χ0) is 13.7. The summed E-state index contributed by atoms with van der Waals surface area (Å²) in [6, 6.07) is 7.08. The van der Waals surface area contributed by atoms with Crippen molar-refractivity contribution in [2.24, 2.45) is 0 Å². The van der Waals surface area contributed by atoms with Crippen LogP contribution in [0, 0.1) is 0 Å². The first-order valence-electron chi connectivity index (χ1n) is 6.15. The summed E-state index contributed by atoms with van der Waals surface area (Å²) in [5.74, 6) is -0.0285. The van der Waals surface area contributed by atoms with Crippen LogP contribution in [0.15, 0.2) is 24.3 Å². The van der Waals surface area contributed by atoms with Crippen molar-refractivity contribution < 1.29 is 19.4 Å². The largest absolute Gasteiger partial charge is 0.478 e. The summed E-state index contributed by atoms with van der Waals surface area (Å²) in [7, 11) is 0. The first-order valence-corrected chi connectivity index (χ1v) is 6.15. The van der Waals surface area contributed by atoms with Gasteiger partial charge in [0.15, 0.2) is 6.10 Å². The molecule has 1 aromatic carbocycles. The Bertz CT molecular complexity index is 475. The molecule has 6 heteroatoms. The van der Waals surface area contributed by atoms with Crippen LogP contribution in [-0.4, -0.2) is 36.2 Å². The van der Waals surface area contributed by atoms with E-state index in [1.165, 1.54) is 0 Å². The number of fused-ring (bicyclic) bond motifs is 1. The Kier molecular flexibility index (Phi) is 4.35. The van der Waals surface area contributed by atoms with Gasteiger partial charge in [-0.05, 0) is 18.6 Å². The van der Waals surface area contributed by atoms with Crippen LogP contribution < -0.4 is 15.4 Å². The van der Waals surface area contributed by atoms with E-state index in [0.717, 1.165) is 0 Å². The second-order valence-electron chi connectivity index (χ2n) is 4.22. The quantitative estimate of drug-likeness (QED) is 0.666. The van der Waals surface area contributed by atoms with Gasteiger partial charge in [-0.3, -0.25) is 9.59 Å². The molecule has 0 fully saturated rings. The van der Waals surface area contributed by atoms with E-state index in [9.17, 15) is 9.59 Å². The van der Waals surface area contributed by atoms with Crippen LogP contribution in [0.3, 0.4) is 0 Å². The maximum absolute atomic E-state index is 11.8. The summed E-state index contributed by atoms with van der Waals surface area (Å²) in [5.41, 5.74) is 0.615. The molecule has 102 valence electrons. The standard InChI is InChI=1S/C13H16N2O4/c16-7-3-6-14-12(17)8-11-13(18)15-9-4-1-2-5-10(9)19-11/h1-2,4-5,11,16H,3,6-8H2,(H,14,17)(H,15,18). The van der Waals surface area contributed by atoms with E-state index in [4.69, 9.17) is 9.84 Å². The van der Waals surface area contributed by atoms with Crippen LogP contribution in [0.1, 0.15) is 12.8 Å². The molecule has 1 unspecified atom stereocenters. The molecule has 1 aromatic rings. The lowest BCUT2D eigenvalue weighted by Crippen LogP contribution is -2.41. The third kappa shape index (κ3) is 3.45. The Morgan fingerprint density at radius 1 is 1.42 bits per heavy atom. The summed E-state index contributed by atoms with van der Waals surface area (Å²) in [4.78, 5) is 23.4. The van der Waals surface area contributed by atoms with Gasteiger partial charge in [-0.1, -0.05) is 12.1 Å². The Hall–Kier alpha value is -2.08. The molecule has 1 atom stereocenters. The number of aliphatic hydroxyl groups is 1. The monoisotopic (exact) mass is 264 g/mol. The average molecular weight is 264 g/mol. The molecular formula is C13H16N2O4. The molecule has 0 spiro atoms. The molecule has 0 saturated heterocycles. The van der Waals surface area contributed by atoms with E-state index < -0.39 is 6.10 Å². The third-order valence-electron chi connectivity index (χ3n) is 2.73. The normalized spacial score (nSPS) is 17.1. The number of amides is 2. The molecule has 0 radical (unpaired) electrons. The SMILES string of the molecule is O=C(CC1Oc2ccccc2NC1=O)NCCCO. The molecular weight excluding hydrogens is 248 g/mol. The predicted molar refractivity (Wildman–Crippen MR) is 68.8 cm³/mol. The van der Waals surface area contributed by atoms with E-state index in [1.807, 2.05) is 0 Å². The summed E-state index contributed by atoms with van der Waals surface area (Å²) in [5, 5.41) is 13.9. The minimum absolute atomic E-state index is 0.0219. The first-order chi connectivity index (χ1) is 9.20. The average Bonchev–Trinajstić information content (AvgIpc) is 2.40. The zero-order valence-electron chi connectivity index (χ0n) is 10.4. The number of anilines is 1. The van der Waals surface area contributed by atoms with Gasteiger partial charge in [0.2, 0.25) is 5.91 Å². The molecule has 0 bridgehead atoms. The molecule has 19 heavy (non-hydrogen) atoms. The second-order valence-corrected chi connectivity index (χ2v) is 4.22. The van der Waals surface area contributed by atoms with Crippen molar-refractivity contribution >= 4 is 17.5 Å². The van der Waals surface area contributed by atoms with Gasteiger partial charge in [-0.15, -0.1) is 0 Å². The predicted octanol–water partition coefficient (Wildman–Crippen LogP) is 0.275. The highest BCUT2D eigenvalue weighted by atomic mass is 16.5. The van der Waals surface area contributed by atoms with Crippen molar-refractivity contribution in [3.05, 3.63) is 24.3 Å². The minimum atomic E-state index is -0.816. The molecule has 6 nitrogen and oxygen atoms in total. The summed E-state index contributed by atoms with van der Waals surface area (Å²) in [6.45, 7) is 0.411. The van der Waals surface area contributed by atoms with Crippen LogP contribution in [0.25, 0.3) is 0 Å². The van der Waals surface area contributed by atoms with Gasteiger partial charge in [-0.2, -0.15) is 0 Å². The lowest BCUT2D eigenvalue weighted by molar-refractivity contribution is -0.130. The van der Waals surface area contributed by atoms with Gasteiger partial charge < -0.3 is 20.5 Å². The number of nitrogens with one attached hydrogen (secondary N) is 2. The maximum Gasteiger partial charge on any atom is 0.266 e. The van der Waals surface area contributed by atoms with Crippen LogP contribution in [0.2, 0.25) is 0 Å². The molecule has 0 aliphatic carbocycles. The number of para-hydroxylation sites is 2. The van der Waals surface area contributed by atoms with Gasteiger partial charge in [0.05, 0.1) is 12.1 Å². The van der Waals surface area contributed by atoms with Crippen molar-refractivity contribution in [1.82, 2.24) is 5.32 Å². The van der Waals surface area contributed by atoms with E-state index >= 15 is 0 Å². The fraction of sp³-hybridized carbons (Fsp3) is 0.385. The molecule has 1 aliphatic heterocycles. The topological polar surface area (TPSA) is 87.7 Å². The second kappa shape index (κ2) is 6.19. The highest BCUT2D eigenvalue weighted by Gasteiger charge is 2.29. The van der Waals surface area contributed by atoms with Gasteiger partial charge in [0, 0.05) is 13.2 Å². The van der Waals surface area contributed by atoms with Gasteiger partial charge in [0.1, 0.15) is 5.75 Å². The Labute approximate surface area is 110 Å². The highest BCUT2D eigenvalue weighted by molar-refractivity contribution is 5.99. The summed E-state index contributed by atoms with van der Waals surface area (Å²) < 4.78 is 5.50. The van der Waals surface area contributed by atoms with Crippen LogP contribution in [0.4, 0.5) is 5.69 Å². The van der Waals surface area contributed by atoms with E-state index in [-0.39, 0.29) is 24.8 Å². The number of carbonyl (C=O) groups excluding carboxylic acids is 2. The zero-order valence-corrected chi connectivity index (χ0v) is 10.4. The molecule has 1 heterocycles. The Morgan fingerprint density at radius 3 is 3.00 bits per heavy atom. The van der Waals surface area contributed by atoms with Gasteiger partial charge in [0.25, 0.3) is 5.91 Å². The molecule has 3 N–H and O–H groups in total. The summed E-state index contributed by atoms with van der Waals surface area (Å²) >= 11 is 0. The Morgan fingerprint density at radius 2 is 2.21 bits per heavy atom. The minimum Gasteiger partial charge on any atom is -0.478 e. The molecule has 0 aromatic heterocycles.